The quantitative estimate of drug-likeness (QED) is 0.840. The Hall–Kier alpha value is -2.25. The molecule has 2 heterocycles. The van der Waals surface area contributed by atoms with Crippen molar-refractivity contribution in [3.8, 4) is 0 Å². The number of nitrogens with zero attached hydrogens (tertiary/aromatic N) is 4. The standard InChI is InChI=1S/C16H22N6O/c1-13-3-2-4-14(11-13)19-16-20-15(12-18-21-16)17-5-6-22-7-9-23-10-8-22/h2-4,11-12H,5-10H2,1H3,(H2,17,19,20,21). The van der Waals surface area contributed by atoms with Crippen LogP contribution in [0.25, 0.3) is 0 Å². The monoisotopic (exact) mass is 314 g/mol. The van der Waals surface area contributed by atoms with Gasteiger partial charge in [0.15, 0.2) is 5.82 Å². The topological polar surface area (TPSA) is 75.2 Å². The Morgan fingerprint density at radius 2 is 2.13 bits per heavy atom. The van der Waals surface area contributed by atoms with Gasteiger partial charge in [0.1, 0.15) is 0 Å². The molecule has 2 aromatic rings. The van der Waals surface area contributed by atoms with Gasteiger partial charge in [-0.1, -0.05) is 12.1 Å². The van der Waals surface area contributed by atoms with E-state index in [1.807, 2.05) is 31.2 Å². The van der Waals surface area contributed by atoms with E-state index in [1.165, 1.54) is 5.56 Å². The zero-order chi connectivity index (χ0) is 15.9. The molecule has 0 bridgehead atoms. The summed E-state index contributed by atoms with van der Waals surface area (Å²) in [7, 11) is 0. The number of nitrogens with one attached hydrogen (secondary N) is 2. The second-order valence-electron chi connectivity index (χ2n) is 5.54. The molecule has 2 N–H and O–H groups in total. The van der Waals surface area contributed by atoms with Crippen LogP contribution in [0.5, 0.6) is 0 Å². The Bertz CT molecular complexity index is 629. The summed E-state index contributed by atoms with van der Waals surface area (Å²) in [6.07, 6.45) is 1.64. The van der Waals surface area contributed by atoms with Crippen LogP contribution < -0.4 is 10.6 Å². The van der Waals surface area contributed by atoms with Gasteiger partial charge in [0, 0.05) is 31.9 Å². The first-order valence-corrected chi connectivity index (χ1v) is 7.87. The Morgan fingerprint density at radius 1 is 1.26 bits per heavy atom. The van der Waals surface area contributed by atoms with E-state index < -0.39 is 0 Å². The summed E-state index contributed by atoms with van der Waals surface area (Å²) in [6.45, 7) is 7.46. The zero-order valence-electron chi connectivity index (χ0n) is 13.3. The van der Waals surface area contributed by atoms with Gasteiger partial charge in [-0.05, 0) is 24.6 Å². The molecule has 3 rings (SSSR count). The van der Waals surface area contributed by atoms with Crippen LogP contribution in [0, 0.1) is 6.92 Å². The van der Waals surface area contributed by atoms with E-state index in [-0.39, 0.29) is 0 Å². The number of hydrogen-bond acceptors (Lipinski definition) is 7. The fourth-order valence-corrected chi connectivity index (χ4v) is 2.46. The third-order valence-corrected chi connectivity index (χ3v) is 3.67. The van der Waals surface area contributed by atoms with E-state index >= 15 is 0 Å². The largest absolute Gasteiger partial charge is 0.379 e. The maximum absolute atomic E-state index is 5.34. The molecule has 0 saturated carbocycles. The number of anilines is 3. The molecule has 1 aromatic carbocycles. The minimum absolute atomic E-state index is 0.493. The van der Waals surface area contributed by atoms with E-state index in [0.29, 0.717) is 5.95 Å². The van der Waals surface area contributed by atoms with Crippen LogP contribution in [0.3, 0.4) is 0 Å². The molecule has 1 saturated heterocycles. The fourth-order valence-electron chi connectivity index (χ4n) is 2.46. The molecule has 122 valence electrons. The molecule has 0 unspecified atom stereocenters. The van der Waals surface area contributed by atoms with Crippen molar-refractivity contribution in [3.63, 3.8) is 0 Å². The number of rotatable bonds is 6. The van der Waals surface area contributed by atoms with Crippen molar-refractivity contribution in [1.82, 2.24) is 20.1 Å². The summed E-state index contributed by atoms with van der Waals surface area (Å²) < 4.78 is 5.34. The van der Waals surface area contributed by atoms with Crippen molar-refractivity contribution in [1.29, 1.82) is 0 Å². The summed E-state index contributed by atoms with van der Waals surface area (Å²) in [5.41, 5.74) is 2.14. The van der Waals surface area contributed by atoms with Crippen molar-refractivity contribution < 1.29 is 4.74 Å². The highest BCUT2D eigenvalue weighted by Gasteiger charge is 2.09. The van der Waals surface area contributed by atoms with Gasteiger partial charge in [0.05, 0.1) is 19.4 Å². The van der Waals surface area contributed by atoms with E-state index in [1.54, 1.807) is 6.20 Å². The molecule has 7 nitrogen and oxygen atoms in total. The van der Waals surface area contributed by atoms with E-state index in [2.05, 4.69) is 30.7 Å². The Kier molecular flexibility index (Phi) is 5.33. The van der Waals surface area contributed by atoms with E-state index in [4.69, 9.17) is 4.74 Å². The number of hydrogen-bond donors (Lipinski definition) is 2. The number of aromatic nitrogens is 3. The van der Waals surface area contributed by atoms with Crippen molar-refractivity contribution in [2.45, 2.75) is 6.92 Å². The van der Waals surface area contributed by atoms with Crippen molar-refractivity contribution in [2.24, 2.45) is 0 Å². The van der Waals surface area contributed by atoms with Crippen LogP contribution in [0.2, 0.25) is 0 Å². The molecule has 0 spiro atoms. The third kappa shape index (κ3) is 4.87. The molecule has 23 heavy (non-hydrogen) atoms. The lowest BCUT2D eigenvalue weighted by Gasteiger charge is -2.26. The molecule has 0 atom stereocenters. The average molecular weight is 314 g/mol. The summed E-state index contributed by atoms with van der Waals surface area (Å²) in [4.78, 5) is 6.81. The first-order valence-electron chi connectivity index (χ1n) is 7.87. The molecule has 0 aliphatic carbocycles. The van der Waals surface area contributed by atoms with Gasteiger partial charge < -0.3 is 15.4 Å². The molecule has 7 heteroatoms. The predicted molar refractivity (Wildman–Crippen MR) is 90.0 cm³/mol. The summed E-state index contributed by atoms with van der Waals surface area (Å²) in [5.74, 6) is 1.22. The van der Waals surface area contributed by atoms with Crippen molar-refractivity contribution >= 4 is 17.5 Å². The minimum atomic E-state index is 0.493. The molecule has 1 aromatic heterocycles. The summed E-state index contributed by atoms with van der Waals surface area (Å²) in [6, 6.07) is 8.07. The van der Waals surface area contributed by atoms with Crippen molar-refractivity contribution in [3.05, 3.63) is 36.0 Å². The number of aryl methyl sites for hydroxylation is 1. The first-order chi connectivity index (χ1) is 11.3. The van der Waals surface area contributed by atoms with Crippen molar-refractivity contribution in [2.75, 3.05) is 50.0 Å². The van der Waals surface area contributed by atoms with Crippen LogP contribution in [-0.2, 0) is 4.74 Å². The lowest BCUT2D eigenvalue weighted by atomic mass is 10.2. The van der Waals surface area contributed by atoms with Crippen LogP contribution in [0.4, 0.5) is 17.5 Å². The second kappa shape index (κ2) is 7.85. The predicted octanol–water partition coefficient (Wildman–Crippen LogP) is 1.67. The molecular formula is C16H22N6O. The van der Waals surface area contributed by atoms with Gasteiger partial charge in [0.25, 0.3) is 0 Å². The molecular weight excluding hydrogens is 292 g/mol. The number of benzene rings is 1. The highest BCUT2D eigenvalue weighted by molar-refractivity contribution is 5.54. The van der Waals surface area contributed by atoms with Gasteiger partial charge in [-0.2, -0.15) is 10.1 Å². The van der Waals surface area contributed by atoms with E-state index in [9.17, 15) is 0 Å². The molecule has 0 amide bonds. The first kappa shape index (κ1) is 15.6. The van der Waals surface area contributed by atoms with Gasteiger partial charge in [0.2, 0.25) is 5.95 Å². The number of morpholine rings is 1. The van der Waals surface area contributed by atoms with Gasteiger partial charge in [-0.3, -0.25) is 4.90 Å². The second-order valence-corrected chi connectivity index (χ2v) is 5.54. The third-order valence-electron chi connectivity index (χ3n) is 3.67. The maximum Gasteiger partial charge on any atom is 0.249 e. The Morgan fingerprint density at radius 3 is 2.96 bits per heavy atom. The van der Waals surface area contributed by atoms with E-state index in [0.717, 1.165) is 50.9 Å². The Balaban J connectivity index is 1.52. The lowest BCUT2D eigenvalue weighted by molar-refractivity contribution is 0.0398. The minimum Gasteiger partial charge on any atom is -0.379 e. The lowest BCUT2D eigenvalue weighted by Crippen LogP contribution is -2.39. The maximum atomic E-state index is 5.34. The fraction of sp³-hybridized carbons (Fsp3) is 0.438. The SMILES string of the molecule is Cc1cccc(Nc2nncc(NCCN3CCOCC3)n2)c1. The van der Waals surface area contributed by atoms with Gasteiger partial charge in [-0.25, -0.2) is 0 Å². The summed E-state index contributed by atoms with van der Waals surface area (Å²) >= 11 is 0. The van der Waals surface area contributed by atoms with Gasteiger partial charge >= 0.3 is 0 Å². The average Bonchev–Trinajstić information content (AvgIpc) is 2.56. The van der Waals surface area contributed by atoms with Crippen LogP contribution in [0.1, 0.15) is 5.56 Å². The van der Waals surface area contributed by atoms with Crippen LogP contribution in [-0.4, -0.2) is 59.5 Å². The molecule has 1 aliphatic rings. The van der Waals surface area contributed by atoms with Crippen LogP contribution >= 0.6 is 0 Å². The summed E-state index contributed by atoms with van der Waals surface area (Å²) in [5, 5.41) is 14.5. The smallest absolute Gasteiger partial charge is 0.249 e. The molecule has 0 radical (unpaired) electrons. The zero-order valence-corrected chi connectivity index (χ0v) is 13.3. The normalized spacial score (nSPS) is 15.3. The number of ether oxygens (including phenoxy) is 1. The van der Waals surface area contributed by atoms with Crippen LogP contribution in [0.15, 0.2) is 30.5 Å². The molecule has 1 aliphatic heterocycles. The highest BCUT2D eigenvalue weighted by atomic mass is 16.5. The molecule has 1 fully saturated rings. The highest BCUT2D eigenvalue weighted by Crippen LogP contribution is 2.14. The van der Waals surface area contributed by atoms with Gasteiger partial charge in [-0.15, -0.1) is 5.10 Å². The Labute approximate surface area is 136 Å².